The van der Waals surface area contributed by atoms with E-state index in [1.54, 1.807) is 47.4 Å². The van der Waals surface area contributed by atoms with Crippen LogP contribution in [0.4, 0.5) is 4.39 Å². The van der Waals surface area contributed by atoms with Gasteiger partial charge in [-0.05, 0) is 43.5 Å². The number of methoxy groups -OCH3 is 3. The summed E-state index contributed by atoms with van der Waals surface area (Å²) < 4.78 is 30.1. The fourth-order valence-corrected chi connectivity index (χ4v) is 3.04. The molecule has 0 radical (unpaired) electrons. The van der Waals surface area contributed by atoms with Crippen LogP contribution in [0.1, 0.15) is 29.7 Å². The Morgan fingerprint density at radius 2 is 1.79 bits per heavy atom. The van der Waals surface area contributed by atoms with Crippen LogP contribution in [-0.2, 0) is 6.42 Å². The summed E-state index contributed by atoms with van der Waals surface area (Å²) in [7, 11) is 6.49. The first-order valence-electron chi connectivity index (χ1n) is 9.46. The van der Waals surface area contributed by atoms with Gasteiger partial charge in [0.2, 0.25) is 5.75 Å². The molecule has 1 unspecified atom stereocenters. The highest BCUT2D eigenvalue weighted by atomic mass is 19.1. The number of ether oxygens (including phenoxy) is 3. The molecule has 6 nitrogen and oxygen atoms in total. The standard InChI is InChI=1S/C22H30FN3O3/c1-14-7-8-17(13-18(14)23)15(2)26-22(24-3)25-12-11-16-9-10-19(27-4)21(29-6)20(16)28-5/h7-10,13,15H,11-12H2,1-6H3,(H2,24,25,26). The lowest BCUT2D eigenvalue weighted by atomic mass is 10.1. The Labute approximate surface area is 172 Å². The van der Waals surface area contributed by atoms with E-state index < -0.39 is 0 Å². The number of hydrogen-bond donors (Lipinski definition) is 2. The third kappa shape index (κ3) is 5.53. The highest BCUT2D eigenvalue weighted by Crippen LogP contribution is 2.39. The van der Waals surface area contributed by atoms with Crippen LogP contribution >= 0.6 is 0 Å². The molecule has 0 aliphatic rings. The molecule has 2 aromatic rings. The average molecular weight is 403 g/mol. The van der Waals surface area contributed by atoms with E-state index in [0.29, 0.717) is 41.7 Å². The minimum atomic E-state index is -0.209. The molecule has 0 aliphatic carbocycles. The summed E-state index contributed by atoms with van der Waals surface area (Å²) in [4.78, 5) is 4.25. The van der Waals surface area contributed by atoms with Crippen LogP contribution in [0.15, 0.2) is 35.3 Å². The molecule has 7 heteroatoms. The monoisotopic (exact) mass is 403 g/mol. The van der Waals surface area contributed by atoms with Gasteiger partial charge in [-0.25, -0.2) is 4.39 Å². The van der Waals surface area contributed by atoms with Crippen LogP contribution in [0.2, 0.25) is 0 Å². The molecule has 29 heavy (non-hydrogen) atoms. The van der Waals surface area contributed by atoms with E-state index in [0.717, 1.165) is 11.1 Å². The topological polar surface area (TPSA) is 64.1 Å². The van der Waals surface area contributed by atoms with Crippen molar-refractivity contribution >= 4 is 5.96 Å². The summed E-state index contributed by atoms with van der Waals surface area (Å²) >= 11 is 0. The Bertz CT molecular complexity index is 855. The maximum absolute atomic E-state index is 13.8. The van der Waals surface area contributed by atoms with Gasteiger partial charge in [-0.2, -0.15) is 0 Å². The Hall–Kier alpha value is -2.96. The van der Waals surface area contributed by atoms with E-state index in [1.165, 1.54) is 0 Å². The maximum atomic E-state index is 13.8. The zero-order valence-corrected chi connectivity index (χ0v) is 17.9. The van der Waals surface area contributed by atoms with Gasteiger partial charge in [0.15, 0.2) is 17.5 Å². The van der Waals surface area contributed by atoms with Gasteiger partial charge in [-0.15, -0.1) is 0 Å². The maximum Gasteiger partial charge on any atom is 0.203 e. The zero-order chi connectivity index (χ0) is 21.4. The SMILES string of the molecule is CN=C(NCCc1ccc(OC)c(OC)c1OC)NC(C)c1ccc(C)c(F)c1. The Kier molecular flexibility index (Phi) is 8.12. The number of aryl methyl sites for hydroxylation is 1. The largest absolute Gasteiger partial charge is 0.493 e. The molecule has 0 amide bonds. The highest BCUT2D eigenvalue weighted by molar-refractivity contribution is 5.80. The van der Waals surface area contributed by atoms with Crippen LogP contribution in [0, 0.1) is 12.7 Å². The number of hydrogen-bond acceptors (Lipinski definition) is 4. The molecule has 0 fully saturated rings. The van der Waals surface area contributed by atoms with Crippen LogP contribution in [0.3, 0.4) is 0 Å². The first kappa shape index (κ1) is 22.3. The summed E-state index contributed by atoms with van der Waals surface area (Å²) in [5.41, 5.74) is 2.48. The second-order valence-corrected chi connectivity index (χ2v) is 6.62. The summed E-state index contributed by atoms with van der Waals surface area (Å²) in [6, 6.07) is 8.97. The molecule has 0 aliphatic heterocycles. The van der Waals surface area contributed by atoms with E-state index in [2.05, 4.69) is 15.6 Å². The van der Waals surface area contributed by atoms with E-state index >= 15 is 0 Å². The number of nitrogens with zero attached hydrogens (tertiary/aromatic N) is 1. The molecule has 2 N–H and O–H groups in total. The molecule has 0 spiro atoms. The Morgan fingerprint density at radius 1 is 1.07 bits per heavy atom. The zero-order valence-electron chi connectivity index (χ0n) is 17.9. The third-order valence-electron chi connectivity index (χ3n) is 4.75. The van der Waals surface area contributed by atoms with Crippen molar-refractivity contribution in [2.24, 2.45) is 4.99 Å². The lowest BCUT2D eigenvalue weighted by molar-refractivity contribution is 0.322. The van der Waals surface area contributed by atoms with E-state index in [9.17, 15) is 4.39 Å². The first-order valence-corrected chi connectivity index (χ1v) is 9.46. The average Bonchev–Trinajstić information content (AvgIpc) is 2.73. The van der Waals surface area contributed by atoms with Crippen LogP contribution in [-0.4, -0.2) is 40.9 Å². The molecule has 1 atom stereocenters. The molecule has 0 bridgehead atoms. The normalized spacial score (nSPS) is 12.3. The van der Waals surface area contributed by atoms with Gasteiger partial charge >= 0.3 is 0 Å². The number of halogens is 1. The number of aliphatic imine (C=N–C) groups is 1. The number of nitrogens with one attached hydrogen (secondary N) is 2. The van der Waals surface area contributed by atoms with Crippen molar-refractivity contribution in [2.45, 2.75) is 26.3 Å². The van der Waals surface area contributed by atoms with Crippen LogP contribution in [0.25, 0.3) is 0 Å². The second-order valence-electron chi connectivity index (χ2n) is 6.62. The van der Waals surface area contributed by atoms with Crippen LogP contribution < -0.4 is 24.8 Å². The van der Waals surface area contributed by atoms with Crippen molar-refractivity contribution in [1.29, 1.82) is 0 Å². The van der Waals surface area contributed by atoms with Gasteiger partial charge < -0.3 is 24.8 Å². The second kappa shape index (κ2) is 10.5. The summed E-state index contributed by atoms with van der Waals surface area (Å²) in [5.74, 6) is 2.28. The van der Waals surface area contributed by atoms with Crippen molar-refractivity contribution in [3.63, 3.8) is 0 Å². The van der Waals surface area contributed by atoms with Gasteiger partial charge in [0.25, 0.3) is 0 Å². The summed E-state index contributed by atoms with van der Waals surface area (Å²) in [5, 5.41) is 6.56. The number of rotatable bonds is 8. The Balaban J connectivity index is 2.00. The Morgan fingerprint density at radius 3 is 2.38 bits per heavy atom. The van der Waals surface area contributed by atoms with Crippen molar-refractivity contribution in [1.82, 2.24) is 10.6 Å². The molecule has 0 aromatic heterocycles. The fraction of sp³-hybridized carbons (Fsp3) is 0.409. The predicted molar refractivity (Wildman–Crippen MR) is 114 cm³/mol. The summed E-state index contributed by atoms with van der Waals surface area (Å²) in [6.07, 6.45) is 0.692. The minimum absolute atomic E-state index is 0.0908. The smallest absolute Gasteiger partial charge is 0.203 e. The number of benzene rings is 2. The van der Waals surface area contributed by atoms with Gasteiger partial charge in [-0.1, -0.05) is 18.2 Å². The lowest BCUT2D eigenvalue weighted by Crippen LogP contribution is -2.39. The van der Waals surface area contributed by atoms with Crippen molar-refractivity contribution in [3.05, 3.63) is 52.8 Å². The minimum Gasteiger partial charge on any atom is -0.493 e. The molecule has 0 heterocycles. The predicted octanol–water partition coefficient (Wildman–Crippen LogP) is 3.63. The fourth-order valence-electron chi connectivity index (χ4n) is 3.04. The first-order chi connectivity index (χ1) is 13.9. The molecular formula is C22H30FN3O3. The van der Waals surface area contributed by atoms with Crippen molar-refractivity contribution in [3.8, 4) is 17.2 Å². The third-order valence-corrected chi connectivity index (χ3v) is 4.75. The lowest BCUT2D eigenvalue weighted by Gasteiger charge is -2.19. The van der Waals surface area contributed by atoms with Crippen molar-refractivity contribution < 1.29 is 18.6 Å². The van der Waals surface area contributed by atoms with Gasteiger partial charge in [0, 0.05) is 19.2 Å². The van der Waals surface area contributed by atoms with Gasteiger partial charge in [0.1, 0.15) is 5.82 Å². The molecule has 0 saturated carbocycles. The molecule has 2 rings (SSSR count). The van der Waals surface area contributed by atoms with E-state index in [-0.39, 0.29) is 11.9 Å². The quantitative estimate of drug-likeness (QED) is 0.521. The molecule has 158 valence electrons. The summed E-state index contributed by atoms with van der Waals surface area (Å²) in [6.45, 7) is 4.34. The van der Waals surface area contributed by atoms with Gasteiger partial charge in [0.05, 0.1) is 27.4 Å². The van der Waals surface area contributed by atoms with Crippen molar-refractivity contribution in [2.75, 3.05) is 34.9 Å². The highest BCUT2D eigenvalue weighted by Gasteiger charge is 2.16. The molecule has 0 saturated heterocycles. The molecule has 2 aromatic carbocycles. The molecular weight excluding hydrogens is 373 g/mol. The van der Waals surface area contributed by atoms with E-state index in [4.69, 9.17) is 14.2 Å². The van der Waals surface area contributed by atoms with E-state index in [1.807, 2.05) is 25.1 Å². The number of guanidine groups is 1. The van der Waals surface area contributed by atoms with Gasteiger partial charge in [-0.3, -0.25) is 4.99 Å². The van der Waals surface area contributed by atoms with Crippen LogP contribution in [0.5, 0.6) is 17.2 Å².